The van der Waals surface area contributed by atoms with Crippen molar-refractivity contribution in [1.82, 2.24) is 5.32 Å². The summed E-state index contributed by atoms with van der Waals surface area (Å²) in [6, 6.07) is -2.12. The molecule has 0 saturated carbocycles. The smallest absolute Gasteiger partial charge is 0.308 e. The Kier molecular flexibility index (Phi) is 2.92. The van der Waals surface area contributed by atoms with Gasteiger partial charge in [0.05, 0.1) is 6.04 Å². The first-order chi connectivity index (χ1) is 6.61. The number of nitrogens with one attached hydrogen (secondary N) is 1. The Morgan fingerprint density at radius 1 is 0.933 bits per heavy atom. The van der Waals surface area contributed by atoms with Crippen LogP contribution in [0.2, 0.25) is 0 Å². The fourth-order valence-corrected chi connectivity index (χ4v) is 1.40. The quantitative estimate of drug-likeness (QED) is 0.730. The van der Waals surface area contributed by atoms with Gasteiger partial charge in [0.15, 0.2) is 0 Å². The van der Waals surface area contributed by atoms with Gasteiger partial charge in [-0.25, -0.2) is 0 Å². The van der Waals surface area contributed by atoms with Crippen LogP contribution >= 0.6 is 0 Å². The lowest BCUT2D eigenvalue weighted by atomic mass is 10.0. The summed E-state index contributed by atoms with van der Waals surface area (Å²) >= 11 is 0. The number of rotatable bonds is 2. The summed E-state index contributed by atoms with van der Waals surface area (Å²) in [5.41, 5.74) is 0. The van der Waals surface area contributed by atoms with Crippen molar-refractivity contribution < 1.29 is 30.7 Å². The van der Waals surface area contributed by atoms with Crippen molar-refractivity contribution in [1.29, 1.82) is 0 Å². The summed E-state index contributed by atoms with van der Waals surface area (Å²) in [7, 11) is 0. The maximum absolute atomic E-state index is 12.9. The molecule has 1 heterocycles. The van der Waals surface area contributed by atoms with E-state index in [1.54, 1.807) is 0 Å². The first-order valence-corrected chi connectivity index (χ1v) is 4.16. The minimum atomic E-state index is -6.24. The van der Waals surface area contributed by atoms with Crippen LogP contribution in [0, 0.1) is 0 Å². The van der Waals surface area contributed by atoms with Gasteiger partial charge in [0.2, 0.25) is 0 Å². The molecule has 1 nitrogen and oxygen atoms in total. The highest BCUT2D eigenvalue weighted by atomic mass is 19.4. The fourth-order valence-electron chi connectivity index (χ4n) is 1.40. The highest BCUT2D eigenvalue weighted by Gasteiger charge is 2.75. The number of hydrogen-bond donors (Lipinski definition) is 1. The number of hydrogen-bond acceptors (Lipinski definition) is 1. The molecule has 0 aromatic carbocycles. The summed E-state index contributed by atoms with van der Waals surface area (Å²) in [5.74, 6) is -11.1. The predicted molar refractivity (Wildman–Crippen MR) is 37.0 cm³/mol. The lowest BCUT2D eigenvalue weighted by Gasteiger charge is -2.32. The molecule has 1 unspecified atom stereocenters. The number of alkyl halides is 7. The van der Waals surface area contributed by atoms with E-state index < -0.39 is 30.5 Å². The normalized spacial score (nSPS) is 24.6. The Hall–Kier alpha value is -0.530. The molecule has 90 valence electrons. The standard InChI is InChI=1S/C7H8F7N/c8-5(9,4-2-1-3-15-4)6(10,11)7(12,13)14/h4,15H,1-3H2. The lowest BCUT2D eigenvalue weighted by molar-refractivity contribution is -0.359. The molecule has 0 amide bonds. The van der Waals surface area contributed by atoms with E-state index in [2.05, 4.69) is 0 Å². The van der Waals surface area contributed by atoms with Gasteiger partial charge in [-0.2, -0.15) is 30.7 Å². The largest absolute Gasteiger partial charge is 0.459 e. The third-order valence-electron chi connectivity index (χ3n) is 2.27. The second kappa shape index (κ2) is 3.50. The molecule has 0 aromatic rings. The molecule has 1 aliphatic rings. The van der Waals surface area contributed by atoms with E-state index in [-0.39, 0.29) is 13.0 Å². The average Bonchev–Trinajstić information content (AvgIpc) is 2.53. The molecule has 0 bridgehead atoms. The highest BCUT2D eigenvalue weighted by Crippen LogP contribution is 2.49. The Morgan fingerprint density at radius 2 is 1.47 bits per heavy atom. The van der Waals surface area contributed by atoms with Crippen LogP contribution in [0.25, 0.3) is 0 Å². The minimum Gasteiger partial charge on any atom is -0.308 e. The Bertz CT molecular complexity index is 228. The summed E-state index contributed by atoms with van der Waals surface area (Å²) in [6.45, 7) is 0.0220. The van der Waals surface area contributed by atoms with Crippen LogP contribution in [0.4, 0.5) is 30.7 Å². The van der Waals surface area contributed by atoms with Crippen LogP contribution in [0.1, 0.15) is 12.8 Å². The molecule has 0 radical (unpaired) electrons. The third kappa shape index (κ3) is 1.91. The molecule has 1 fully saturated rings. The molecular formula is C7H8F7N. The van der Waals surface area contributed by atoms with E-state index in [1.165, 1.54) is 0 Å². The van der Waals surface area contributed by atoms with Crippen molar-refractivity contribution in [2.75, 3.05) is 6.54 Å². The molecule has 15 heavy (non-hydrogen) atoms. The van der Waals surface area contributed by atoms with Gasteiger partial charge in [0.25, 0.3) is 0 Å². The Morgan fingerprint density at radius 3 is 1.80 bits per heavy atom. The third-order valence-corrected chi connectivity index (χ3v) is 2.27. The van der Waals surface area contributed by atoms with Crippen LogP contribution in [0.5, 0.6) is 0 Å². The Balaban J connectivity index is 2.92. The van der Waals surface area contributed by atoms with E-state index in [9.17, 15) is 30.7 Å². The van der Waals surface area contributed by atoms with Gasteiger partial charge < -0.3 is 5.32 Å². The topological polar surface area (TPSA) is 12.0 Å². The van der Waals surface area contributed by atoms with Gasteiger partial charge in [-0.15, -0.1) is 0 Å². The van der Waals surface area contributed by atoms with E-state index in [4.69, 9.17) is 0 Å². The zero-order valence-electron chi connectivity index (χ0n) is 7.34. The molecule has 8 heteroatoms. The monoisotopic (exact) mass is 239 g/mol. The molecule has 0 aromatic heterocycles. The van der Waals surface area contributed by atoms with Gasteiger partial charge in [-0.1, -0.05) is 0 Å². The molecule has 1 atom stereocenters. The summed E-state index contributed by atoms with van der Waals surface area (Å²) in [5, 5.41) is 1.95. The summed E-state index contributed by atoms with van der Waals surface area (Å²) in [6.07, 6.45) is -6.46. The van der Waals surface area contributed by atoms with Crippen LogP contribution < -0.4 is 5.32 Å². The average molecular weight is 239 g/mol. The van der Waals surface area contributed by atoms with Gasteiger partial charge in [0.1, 0.15) is 0 Å². The van der Waals surface area contributed by atoms with Crippen molar-refractivity contribution in [3.63, 3.8) is 0 Å². The SMILES string of the molecule is FC(F)(F)C(F)(F)C(F)(F)C1CCCN1. The van der Waals surface area contributed by atoms with Crippen LogP contribution in [-0.2, 0) is 0 Å². The van der Waals surface area contributed by atoms with Crippen molar-refractivity contribution in [2.24, 2.45) is 0 Å². The van der Waals surface area contributed by atoms with Gasteiger partial charge >= 0.3 is 18.0 Å². The van der Waals surface area contributed by atoms with Gasteiger partial charge in [0, 0.05) is 0 Å². The van der Waals surface area contributed by atoms with E-state index in [0.717, 1.165) is 0 Å². The fraction of sp³-hybridized carbons (Fsp3) is 1.00. The zero-order valence-corrected chi connectivity index (χ0v) is 7.34. The minimum absolute atomic E-state index is 0.0220. The number of halogens is 7. The second-order valence-electron chi connectivity index (χ2n) is 3.34. The molecule has 1 aliphatic heterocycles. The summed E-state index contributed by atoms with van der Waals surface area (Å²) in [4.78, 5) is 0. The maximum atomic E-state index is 12.9. The highest BCUT2D eigenvalue weighted by molar-refractivity contribution is 5.00. The van der Waals surface area contributed by atoms with E-state index >= 15 is 0 Å². The van der Waals surface area contributed by atoms with E-state index in [0.29, 0.717) is 0 Å². The molecular weight excluding hydrogens is 231 g/mol. The molecule has 0 spiro atoms. The molecule has 1 rings (SSSR count). The first kappa shape index (κ1) is 12.5. The molecule has 1 saturated heterocycles. The van der Waals surface area contributed by atoms with Gasteiger partial charge in [-0.3, -0.25) is 0 Å². The van der Waals surface area contributed by atoms with Crippen molar-refractivity contribution in [2.45, 2.75) is 36.9 Å². The lowest BCUT2D eigenvalue weighted by Crippen LogP contribution is -2.60. The van der Waals surface area contributed by atoms with Gasteiger partial charge in [-0.05, 0) is 19.4 Å². The predicted octanol–water partition coefficient (Wildman–Crippen LogP) is 2.57. The van der Waals surface area contributed by atoms with Crippen LogP contribution in [0.15, 0.2) is 0 Å². The van der Waals surface area contributed by atoms with Crippen molar-refractivity contribution >= 4 is 0 Å². The summed E-state index contributed by atoms with van der Waals surface area (Å²) < 4.78 is 85.8. The molecule has 0 aliphatic carbocycles. The first-order valence-electron chi connectivity index (χ1n) is 4.16. The zero-order chi connectivity index (χ0) is 11.9. The van der Waals surface area contributed by atoms with Crippen LogP contribution in [-0.4, -0.2) is 30.6 Å². The van der Waals surface area contributed by atoms with Crippen LogP contribution in [0.3, 0.4) is 0 Å². The maximum Gasteiger partial charge on any atom is 0.459 e. The second-order valence-corrected chi connectivity index (χ2v) is 3.34. The molecule has 1 N–H and O–H groups in total. The Labute approximate surface area is 80.6 Å². The van der Waals surface area contributed by atoms with E-state index in [1.807, 2.05) is 5.32 Å². The van der Waals surface area contributed by atoms with Crippen molar-refractivity contribution in [3.8, 4) is 0 Å². The van der Waals surface area contributed by atoms with Crippen molar-refractivity contribution in [3.05, 3.63) is 0 Å².